The van der Waals surface area contributed by atoms with Gasteiger partial charge in [0.25, 0.3) is 0 Å². The van der Waals surface area contributed by atoms with Crippen LogP contribution in [0.1, 0.15) is 15.1 Å². The van der Waals surface area contributed by atoms with E-state index in [4.69, 9.17) is 14.0 Å². The molecule has 14 heavy (non-hydrogen) atoms. The highest BCUT2D eigenvalue weighted by atomic mass is 16.3. The number of rotatable bonds is 2. The van der Waals surface area contributed by atoms with Crippen molar-refractivity contribution in [1.82, 2.24) is 19.5 Å². The second kappa shape index (κ2) is 3.22. The minimum absolute atomic E-state index is 0.0213. The Morgan fingerprint density at radius 3 is 3.43 bits per heavy atom. The number of aromatic nitrogens is 4. The van der Waals surface area contributed by atoms with Crippen molar-refractivity contribution in [2.75, 3.05) is 5.73 Å². The summed E-state index contributed by atoms with van der Waals surface area (Å²) in [4.78, 5) is 11.2. The highest BCUT2D eigenvalue weighted by Crippen LogP contribution is 2.14. The quantitative estimate of drug-likeness (QED) is 0.698. The van der Waals surface area contributed by atoms with E-state index in [1.54, 1.807) is 0 Å². The van der Waals surface area contributed by atoms with E-state index < -0.39 is 19.4 Å². The normalized spacial score (nSPS) is 23.8. The summed E-state index contributed by atoms with van der Waals surface area (Å²) in [5.74, 6) is -0.0213. The summed E-state index contributed by atoms with van der Waals surface area (Å²) < 4.78 is 45.0. The van der Waals surface area contributed by atoms with Gasteiger partial charge in [0, 0.05) is 4.11 Å². The molecule has 2 heterocycles. The second-order valence-electron chi connectivity index (χ2n) is 2.51. The van der Waals surface area contributed by atoms with Crippen molar-refractivity contribution in [1.29, 1.82) is 0 Å². The van der Waals surface area contributed by atoms with Crippen LogP contribution in [0.4, 0.5) is 5.82 Å². The molecule has 2 rings (SSSR count). The highest BCUT2D eigenvalue weighted by molar-refractivity contribution is 5.81. The molecule has 2 aromatic rings. The molecule has 0 spiro atoms. The van der Waals surface area contributed by atoms with Gasteiger partial charge in [-0.05, 0) is 6.85 Å². The van der Waals surface area contributed by atoms with Crippen LogP contribution in [-0.2, 0) is 6.50 Å². The van der Waals surface area contributed by atoms with Crippen LogP contribution in [0.25, 0.3) is 11.2 Å². The van der Waals surface area contributed by atoms with Gasteiger partial charge >= 0.3 is 0 Å². The fourth-order valence-corrected chi connectivity index (χ4v) is 1.05. The summed E-state index contributed by atoms with van der Waals surface area (Å²) in [6.07, 6.45) is -1.43. The van der Waals surface area contributed by atoms with Crippen molar-refractivity contribution in [2.45, 2.75) is 19.4 Å². The van der Waals surface area contributed by atoms with Crippen LogP contribution in [0.5, 0.6) is 0 Å². The molecule has 0 aromatic carbocycles. The summed E-state index contributed by atoms with van der Waals surface area (Å²) in [5, 5.41) is 9.79. The van der Waals surface area contributed by atoms with Crippen molar-refractivity contribution in [3.05, 3.63) is 12.7 Å². The van der Waals surface area contributed by atoms with Crippen LogP contribution < -0.4 is 5.73 Å². The van der Waals surface area contributed by atoms with Crippen molar-refractivity contribution >= 4 is 17.0 Å². The number of aliphatic hydroxyl groups is 1. The molecule has 3 N–H and O–H groups in total. The zero-order valence-electron chi connectivity index (χ0n) is 13.0. The standard InChI is InChI=1S/C8H11N5O/c1-5(14)2-13-4-12-6-7(9)10-3-11-8(6)13/h3-5,14H,2H2,1H3,(H2,9,10,11)/t5-/m0/s1/i1D3,2D2,5D. The number of hydrogen-bond acceptors (Lipinski definition) is 5. The molecule has 74 valence electrons. The SMILES string of the molecule is [2H]C([2H])([2H])[C@]([2H])(O)C([2H])([2H])n1cnc2c(N)ncnc21. The first-order valence-corrected chi connectivity index (χ1v) is 3.66. The van der Waals surface area contributed by atoms with Crippen molar-refractivity contribution in [3.8, 4) is 0 Å². The Hall–Kier alpha value is -1.69. The molecule has 2 aromatic heterocycles. The Kier molecular flexibility index (Phi) is 0.973. The van der Waals surface area contributed by atoms with E-state index >= 15 is 0 Å². The molecule has 0 saturated heterocycles. The van der Waals surface area contributed by atoms with Gasteiger partial charge in [-0.2, -0.15) is 0 Å². The lowest BCUT2D eigenvalue weighted by Crippen LogP contribution is -2.11. The smallest absolute Gasteiger partial charge is 0.165 e. The summed E-state index contributed by atoms with van der Waals surface area (Å²) in [6, 6.07) is 0. The van der Waals surface area contributed by atoms with Crippen LogP contribution in [0, 0.1) is 0 Å². The predicted octanol–water partition coefficient (Wildman–Crippen LogP) is -0.211. The molecule has 0 fully saturated rings. The number of hydrogen-bond donors (Lipinski definition) is 2. The first-order chi connectivity index (χ1) is 9.00. The summed E-state index contributed by atoms with van der Waals surface area (Å²) in [5.41, 5.74) is 5.48. The Balaban J connectivity index is 2.67. The number of anilines is 1. The average Bonchev–Trinajstić information content (AvgIpc) is 2.72. The fraction of sp³-hybridized carbons (Fsp3) is 0.375. The van der Waals surface area contributed by atoms with Crippen LogP contribution in [0.3, 0.4) is 0 Å². The Labute approximate surface area is 88.8 Å². The molecule has 0 aliphatic heterocycles. The van der Waals surface area contributed by atoms with Crippen LogP contribution in [0.2, 0.25) is 0 Å². The van der Waals surface area contributed by atoms with Gasteiger partial charge in [0.05, 0.1) is 23.0 Å². The average molecular weight is 199 g/mol. The third-order valence-electron chi connectivity index (χ3n) is 1.59. The number of imidazole rings is 1. The second-order valence-corrected chi connectivity index (χ2v) is 2.51. The molecule has 0 bridgehead atoms. The van der Waals surface area contributed by atoms with Gasteiger partial charge in [0.1, 0.15) is 11.8 Å². The van der Waals surface area contributed by atoms with Crippen molar-refractivity contribution in [3.63, 3.8) is 0 Å². The van der Waals surface area contributed by atoms with Gasteiger partial charge in [-0.25, -0.2) is 15.0 Å². The van der Waals surface area contributed by atoms with Gasteiger partial charge in [-0.15, -0.1) is 0 Å². The summed E-state index contributed by atoms with van der Waals surface area (Å²) >= 11 is 0. The van der Waals surface area contributed by atoms with E-state index in [1.807, 2.05) is 0 Å². The maximum atomic E-state index is 9.79. The number of nitrogens with two attached hydrogens (primary N) is 1. The molecule has 0 radical (unpaired) electrons. The van der Waals surface area contributed by atoms with E-state index in [0.29, 0.717) is 4.57 Å². The van der Waals surface area contributed by atoms with E-state index in [2.05, 4.69) is 15.0 Å². The monoisotopic (exact) mass is 199 g/mol. The molecular weight excluding hydrogens is 182 g/mol. The lowest BCUT2D eigenvalue weighted by atomic mass is 10.4. The van der Waals surface area contributed by atoms with E-state index in [1.165, 1.54) is 0 Å². The Morgan fingerprint density at radius 2 is 2.64 bits per heavy atom. The molecule has 0 unspecified atom stereocenters. The van der Waals surface area contributed by atoms with Gasteiger partial charge in [-0.1, -0.05) is 0 Å². The summed E-state index contributed by atoms with van der Waals surface area (Å²) in [7, 11) is 0. The van der Waals surface area contributed by atoms with Crippen LogP contribution in [0.15, 0.2) is 12.7 Å². The Morgan fingerprint density at radius 1 is 1.79 bits per heavy atom. The molecular formula is C8H11N5O. The number of nitrogen functional groups attached to an aromatic ring is 1. The third-order valence-corrected chi connectivity index (χ3v) is 1.59. The third kappa shape index (κ3) is 1.39. The maximum absolute atomic E-state index is 9.79. The van der Waals surface area contributed by atoms with Gasteiger partial charge in [0.15, 0.2) is 11.5 Å². The van der Waals surface area contributed by atoms with Crippen molar-refractivity contribution in [2.24, 2.45) is 0 Å². The van der Waals surface area contributed by atoms with Gasteiger partial charge < -0.3 is 15.4 Å². The largest absolute Gasteiger partial charge is 0.392 e. The van der Waals surface area contributed by atoms with Gasteiger partial charge in [0.2, 0.25) is 0 Å². The minimum atomic E-state index is -3.40. The van der Waals surface area contributed by atoms with E-state index in [0.717, 1.165) is 12.7 Å². The predicted molar refractivity (Wildman–Crippen MR) is 51.4 cm³/mol. The van der Waals surface area contributed by atoms with E-state index in [-0.39, 0.29) is 17.0 Å². The molecule has 0 amide bonds. The van der Waals surface area contributed by atoms with Crippen molar-refractivity contribution < 1.29 is 13.3 Å². The number of nitrogens with zero attached hydrogens (tertiary/aromatic N) is 4. The minimum Gasteiger partial charge on any atom is -0.392 e. The highest BCUT2D eigenvalue weighted by Gasteiger charge is 2.08. The maximum Gasteiger partial charge on any atom is 0.165 e. The zero-order chi connectivity index (χ0) is 15.3. The topological polar surface area (TPSA) is 89.8 Å². The lowest BCUT2D eigenvalue weighted by Gasteiger charge is -2.05. The molecule has 0 aliphatic carbocycles. The molecule has 6 heteroatoms. The van der Waals surface area contributed by atoms with Crippen LogP contribution in [-0.4, -0.2) is 30.7 Å². The summed E-state index contributed by atoms with van der Waals surface area (Å²) in [6.45, 7) is -6.28. The molecule has 0 aliphatic rings. The Bertz CT molecular complexity index is 650. The first kappa shape index (κ1) is 4.22. The zero-order valence-corrected chi connectivity index (χ0v) is 6.97. The molecule has 6 nitrogen and oxygen atoms in total. The first-order valence-electron chi connectivity index (χ1n) is 6.66. The number of fused-ring (bicyclic) bond motifs is 1. The molecule has 1 atom stereocenters. The fourth-order valence-electron chi connectivity index (χ4n) is 1.05. The van der Waals surface area contributed by atoms with Crippen LogP contribution >= 0.6 is 0 Å². The lowest BCUT2D eigenvalue weighted by molar-refractivity contribution is 0.175. The molecule has 0 saturated carbocycles. The van der Waals surface area contributed by atoms with E-state index in [9.17, 15) is 5.11 Å². The van der Waals surface area contributed by atoms with Gasteiger partial charge in [-0.3, -0.25) is 0 Å².